The van der Waals surface area contributed by atoms with Gasteiger partial charge in [0.15, 0.2) is 0 Å². The summed E-state index contributed by atoms with van der Waals surface area (Å²) in [6.07, 6.45) is 2.11. The summed E-state index contributed by atoms with van der Waals surface area (Å²) in [5.74, 6) is 0.968. The molecule has 0 N–H and O–H groups in total. The van der Waals surface area contributed by atoms with Crippen LogP contribution in [0.2, 0.25) is 0 Å². The molecule has 3 fully saturated rings. The maximum atomic E-state index is 12.7. The predicted molar refractivity (Wildman–Crippen MR) is 93.6 cm³/mol. The van der Waals surface area contributed by atoms with Crippen molar-refractivity contribution >= 4 is 23.6 Å². The number of carbonyl (C=O) groups is 2. The highest BCUT2D eigenvalue weighted by atomic mass is 32.2. The molecule has 2 heterocycles. The van der Waals surface area contributed by atoms with Crippen molar-refractivity contribution in [1.29, 1.82) is 0 Å². The molecule has 2 saturated heterocycles. The van der Waals surface area contributed by atoms with Crippen molar-refractivity contribution in [3.05, 3.63) is 0 Å². The van der Waals surface area contributed by atoms with Crippen LogP contribution in [0.5, 0.6) is 0 Å². The molecule has 2 aliphatic heterocycles. The number of thioether (sulfide) groups is 1. The van der Waals surface area contributed by atoms with E-state index in [1.54, 1.807) is 16.7 Å². The molecule has 1 saturated carbocycles. The molecule has 0 aromatic rings. The number of rotatable bonds is 5. The zero-order chi connectivity index (χ0) is 17.7. The summed E-state index contributed by atoms with van der Waals surface area (Å²) in [5.41, 5.74) is -0.172. The second kappa shape index (κ2) is 6.20. The van der Waals surface area contributed by atoms with E-state index in [1.165, 1.54) is 0 Å². The van der Waals surface area contributed by atoms with Gasteiger partial charge in [-0.1, -0.05) is 27.7 Å². The molecule has 1 amide bonds. The van der Waals surface area contributed by atoms with E-state index in [9.17, 15) is 9.59 Å². The maximum Gasteiger partial charge on any atom is 0.330 e. The normalized spacial score (nSPS) is 37.5. The molecule has 6 heteroatoms. The van der Waals surface area contributed by atoms with Crippen LogP contribution in [0.25, 0.3) is 0 Å². The first-order chi connectivity index (χ1) is 11.1. The fourth-order valence-electron chi connectivity index (χ4n) is 3.85. The summed E-state index contributed by atoms with van der Waals surface area (Å²) in [6.45, 7) is 11.2. The van der Waals surface area contributed by atoms with Crippen LogP contribution >= 0.6 is 11.8 Å². The Balaban J connectivity index is 1.57. The van der Waals surface area contributed by atoms with Crippen LogP contribution in [-0.2, 0) is 19.1 Å². The highest BCUT2D eigenvalue weighted by Gasteiger charge is 2.56. The van der Waals surface area contributed by atoms with Gasteiger partial charge in [0.05, 0.1) is 11.0 Å². The molecule has 0 spiro atoms. The number of fused-ring (bicyclic) bond motifs is 1. The van der Waals surface area contributed by atoms with Gasteiger partial charge in [0.25, 0.3) is 0 Å². The standard InChI is InChI=1S/C18H29NO4S/c1-11(2)9-22-13-8-14(17(13,3)4)23-16(21)12-10-24-18(5)7-6-15(20)19(12)18/h11-14H,6-10H2,1-5H3. The second-order valence-electron chi connectivity index (χ2n) is 8.46. The number of esters is 1. The summed E-state index contributed by atoms with van der Waals surface area (Å²) in [4.78, 5) is 26.4. The summed E-state index contributed by atoms with van der Waals surface area (Å²) in [7, 11) is 0. The van der Waals surface area contributed by atoms with Crippen LogP contribution < -0.4 is 0 Å². The van der Waals surface area contributed by atoms with Gasteiger partial charge in [-0.25, -0.2) is 4.79 Å². The van der Waals surface area contributed by atoms with Gasteiger partial charge in [0.2, 0.25) is 5.91 Å². The lowest BCUT2D eigenvalue weighted by Gasteiger charge is -2.50. The summed E-state index contributed by atoms with van der Waals surface area (Å²) >= 11 is 1.70. The smallest absolute Gasteiger partial charge is 0.330 e. The molecule has 136 valence electrons. The predicted octanol–water partition coefficient (Wildman–Crippen LogP) is 2.82. The Labute approximate surface area is 148 Å². The first-order valence-electron chi connectivity index (χ1n) is 8.93. The van der Waals surface area contributed by atoms with E-state index < -0.39 is 6.04 Å². The molecule has 0 bridgehead atoms. The molecule has 1 aliphatic carbocycles. The third-order valence-electron chi connectivity index (χ3n) is 5.69. The van der Waals surface area contributed by atoms with E-state index >= 15 is 0 Å². The SMILES string of the molecule is CC(C)COC1CC(OC(=O)C2CSC3(C)CCC(=O)N23)C1(C)C. The Morgan fingerprint density at radius 3 is 2.67 bits per heavy atom. The monoisotopic (exact) mass is 355 g/mol. The van der Waals surface area contributed by atoms with Gasteiger partial charge in [-0.2, -0.15) is 0 Å². The van der Waals surface area contributed by atoms with E-state index in [1.807, 2.05) is 0 Å². The average Bonchev–Trinajstić information content (AvgIpc) is 2.98. The molecule has 0 aromatic heterocycles. The van der Waals surface area contributed by atoms with Crippen LogP contribution in [-0.4, -0.2) is 52.3 Å². The van der Waals surface area contributed by atoms with Gasteiger partial charge in [-0.3, -0.25) is 4.79 Å². The Bertz CT molecular complexity index is 535. The van der Waals surface area contributed by atoms with E-state index in [0.29, 0.717) is 18.1 Å². The quantitative estimate of drug-likeness (QED) is 0.710. The molecule has 24 heavy (non-hydrogen) atoms. The molecule has 0 radical (unpaired) electrons. The van der Waals surface area contributed by atoms with Gasteiger partial charge in [0, 0.05) is 30.6 Å². The lowest BCUT2D eigenvalue weighted by Crippen LogP contribution is -2.58. The van der Waals surface area contributed by atoms with E-state index in [2.05, 4.69) is 34.6 Å². The molecule has 0 aromatic carbocycles. The molecule has 3 rings (SSSR count). The van der Waals surface area contributed by atoms with Crippen molar-refractivity contribution in [3.8, 4) is 0 Å². The third-order valence-corrected chi connectivity index (χ3v) is 7.20. The molecular weight excluding hydrogens is 326 g/mol. The van der Waals surface area contributed by atoms with E-state index in [-0.39, 0.29) is 34.4 Å². The number of hydrogen-bond donors (Lipinski definition) is 0. The van der Waals surface area contributed by atoms with Crippen molar-refractivity contribution in [1.82, 2.24) is 4.90 Å². The molecule has 4 atom stereocenters. The Morgan fingerprint density at radius 1 is 1.33 bits per heavy atom. The number of hydrogen-bond acceptors (Lipinski definition) is 5. The molecule has 4 unspecified atom stereocenters. The first kappa shape index (κ1) is 18.1. The van der Waals surface area contributed by atoms with Crippen LogP contribution in [0.1, 0.15) is 53.9 Å². The molecular formula is C18H29NO4S. The fourth-order valence-corrected chi connectivity index (χ4v) is 5.27. The van der Waals surface area contributed by atoms with Crippen molar-refractivity contribution in [2.75, 3.05) is 12.4 Å². The van der Waals surface area contributed by atoms with Gasteiger partial charge in [-0.15, -0.1) is 11.8 Å². The van der Waals surface area contributed by atoms with Crippen molar-refractivity contribution in [2.45, 2.75) is 77.0 Å². The minimum absolute atomic E-state index is 0.0791. The third kappa shape index (κ3) is 2.96. The Hall–Kier alpha value is -0.750. The van der Waals surface area contributed by atoms with Crippen molar-refractivity contribution in [3.63, 3.8) is 0 Å². The molecule has 5 nitrogen and oxygen atoms in total. The summed E-state index contributed by atoms with van der Waals surface area (Å²) in [6, 6.07) is -0.429. The number of nitrogens with zero attached hydrogens (tertiary/aromatic N) is 1. The highest BCUT2D eigenvalue weighted by molar-refractivity contribution is 8.01. The van der Waals surface area contributed by atoms with Crippen molar-refractivity contribution in [2.24, 2.45) is 11.3 Å². The fraction of sp³-hybridized carbons (Fsp3) is 0.889. The second-order valence-corrected chi connectivity index (χ2v) is 9.97. The van der Waals surface area contributed by atoms with Crippen molar-refractivity contribution < 1.29 is 19.1 Å². The van der Waals surface area contributed by atoms with Crippen LogP contribution in [0.3, 0.4) is 0 Å². The first-order valence-corrected chi connectivity index (χ1v) is 9.92. The number of ether oxygens (including phenoxy) is 2. The Morgan fingerprint density at radius 2 is 2.04 bits per heavy atom. The van der Waals surface area contributed by atoms with Crippen LogP contribution in [0, 0.1) is 11.3 Å². The zero-order valence-corrected chi connectivity index (χ0v) is 16.1. The average molecular weight is 356 g/mol. The van der Waals surface area contributed by atoms with Gasteiger partial charge >= 0.3 is 5.97 Å². The van der Waals surface area contributed by atoms with E-state index in [4.69, 9.17) is 9.47 Å². The lowest BCUT2D eigenvalue weighted by molar-refractivity contribution is -0.208. The minimum atomic E-state index is -0.429. The number of amides is 1. The summed E-state index contributed by atoms with van der Waals surface area (Å²) < 4.78 is 11.7. The minimum Gasteiger partial charge on any atom is -0.460 e. The van der Waals surface area contributed by atoms with Gasteiger partial charge in [0.1, 0.15) is 12.1 Å². The largest absolute Gasteiger partial charge is 0.460 e. The van der Waals surface area contributed by atoms with Gasteiger partial charge in [-0.05, 0) is 19.3 Å². The van der Waals surface area contributed by atoms with E-state index in [0.717, 1.165) is 19.4 Å². The highest BCUT2D eigenvalue weighted by Crippen LogP contribution is 2.49. The number of carbonyl (C=O) groups excluding carboxylic acids is 2. The van der Waals surface area contributed by atoms with Crippen LogP contribution in [0.15, 0.2) is 0 Å². The summed E-state index contributed by atoms with van der Waals surface area (Å²) in [5, 5.41) is 0. The van der Waals surface area contributed by atoms with Crippen LogP contribution in [0.4, 0.5) is 0 Å². The Kier molecular flexibility index (Phi) is 4.67. The zero-order valence-electron chi connectivity index (χ0n) is 15.3. The maximum absolute atomic E-state index is 12.7. The molecule has 3 aliphatic rings. The lowest BCUT2D eigenvalue weighted by atomic mass is 9.66. The topological polar surface area (TPSA) is 55.8 Å². The van der Waals surface area contributed by atoms with Gasteiger partial charge < -0.3 is 14.4 Å².